The second kappa shape index (κ2) is 10.8. The number of aliphatic hydroxyl groups excluding tert-OH is 1. The molecular weight excluding hydrogens is 408 g/mol. The molecule has 3 saturated carbocycles. The standard InChI is InChI=1S/C30H46O3/c1-19(2)20(3)10-11-21(4)27-14-15-28-24(9-8-16-30(27,28)7)12-13-25-17-26(33-23(6)31)18-29(32)22(25)5/h10-13,19-21,26-29,32H,5,8-9,14-18H2,1-4,6-7H3/b11-10+,24-12?,25-13?/t20-,21+,26+,27+,28?,29-,30+/m0/s1. The molecule has 3 aliphatic carbocycles. The minimum atomic E-state index is -0.638. The van der Waals surface area contributed by atoms with Gasteiger partial charge in [0.05, 0.1) is 6.10 Å². The Morgan fingerprint density at radius 1 is 1.18 bits per heavy atom. The van der Waals surface area contributed by atoms with Gasteiger partial charge in [-0.1, -0.05) is 71.1 Å². The lowest BCUT2D eigenvalue weighted by Gasteiger charge is -2.44. The number of aliphatic hydroxyl groups is 1. The van der Waals surface area contributed by atoms with Gasteiger partial charge in [-0.2, -0.15) is 0 Å². The summed E-state index contributed by atoms with van der Waals surface area (Å²) >= 11 is 0. The van der Waals surface area contributed by atoms with Crippen molar-refractivity contribution in [2.75, 3.05) is 0 Å². The average Bonchev–Trinajstić information content (AvgIpc) is 3.10. The predicted octanol–water partition coefficient (Wildman–Crippen LogP) is 7.18. The van der Waals surface area contributed by atoms with Gasteiger partial charge in [-0.05, 0) is 78.3 Å². The monoisotopic (exact) mass is 454 g/mol. The molecular formula is C30H46O3. The van der Waals surface area contributed by atoms with E-state index in [1.165, 1.54) is 32.6 Å². The molecule has 7 atom stereocenters. The van der Waals surface area contributed by atoms with Crippen molar-refractivity contribution in [3.8, 4) is 0 Å². The molecule has 0 saturated heterocycles. The highest BCUT2D eigenvalue weighted by molar-refractivity contribution is 5.66. The summed E-state index contributed by atoms with van der Waals surface area (Å²) in [4.78, 5) is 11.4. The number of esters is 1. The summed E-state index contributed by atoms with van der Waals surface area (Å²) in [6.07, 6.45) is 15.9. The van der Waals surface area contributed by atoms with Crippen LogP contribution in [0, 0.1) is 35.0 Å². The van der Waals surface area contributed by atoms with E-state index in [1.807, 2.05) is 0 Å². The summed E-state index contributed by atoms with van der Waals surface area (Å²) in [6, 6.07) is 0. The largest absolute Gasteiger partial charge is 0.462 e. The fourth-order valence-electron chi connectivity index (χ4n) is 6.62. The number of allylic oxidation sites excluding steroid dienone is 5. The SMILES string of the molecule is C=C1C(=CC=C2CCC[C@@]3(C)C2CC[C@@H]3[C@H](C)/C=C/[C@H](C)C(C)C)C[C@@H](OC(C)=O)C[C@@H]1O. The van der Waals surface area contributed by atoms with E-state index in [0.29, 0.717) is 41.9 Å². The van der Waals surface area contributed by atoms with Gasteiger partial charge >= 0.3 is 5.97 Å². The Labute approximate surface area is 202 Å². The fourth-order valence-corrected chi connectivity index (χ4v) is 6.62. The van der Waals surface area contributed by atoms with Crippen LogP contribution in [0.1, 0.15) is 86.5 Å². The van der Waals surface area contributed by atoms with Crippen molar-refractivity contribution < 1.29 is 14.6 Å². The molecule has 1 unspecified atom stereocenters. The maximum Gasteiger partial charge on any atom is 0.302 e. The second-order valence-corrected chi connectivity index (χ2v) is 11.6. The number of rotatable bonds is 6. The molecule has 3 fully saturated rings. The normalized spacial score (nSPS) is 37.0. The molecule has 184 valence electrons. The second-order valence-electron chi connectivity index (χ2n) is 11.6. The molecule has 0 aromatic heterocycles. The summed E-state index contributed by atoms with van der Waals surface area (Å²) in [7, 11) is 0. The topological polar surface area (TPSA) is 46.5 Å². The van der Waals surface area contributed by atoms with Crippen molar-refractivity contribution in [1.82, 2.24) is 0 Å². The maximum atomic E-state index is 11.4. The number of carbonyl (C=O) groups excluding carboxylic acids is 1. The lowest BCUT2D eigenvalue weighted by Crippen LogP contribution is -2.35. The van der Waals surface area contributed by atoms with Crippen molar-refractivity contribution in [2.24, 2.45) is 35.0 Å². The Hall–Kier alpha value is -1.61. The molecule has 0 bridgehead atoms. The Morgan fingerprint density at radius 3 is 2.58 bits per heavy atom. The lowest BCUT2D eigenvalue weighted by atomic mass is 9.61. The predicted molar refractivity (Wildman–Crippen MR) is 137 cm³/mol. The van der Waals surface area contributed by atoms with Crippen LogP contribution in [0.15, 0.2) is 47.6 Å². The van der Waals surface area contributed by atoms with Crippen LogP contribution in [0.25, 0.3) is 0 Å². The molecule has 0 heterocycles. The Bertz CT molecular complexity index is 816. The van der Waals surface area contributed by atoms with E-state index < -0.39 is 6.10 Å². The lowest BCUT2D eigenvalue weighted by molar-refractivity contribution is -0.147. The summed E-state index contributed by atoms with van der Waals surface area (Å²) in [6.45, 7) is 17.4. The summed E-state index contributed by atoms with van der Waals surface area (Å²) in [5, 5.41) is 10.4. The van der Waals surface area contributed by atoms with E-state index in [-0.39, 0.29) is 12.1 Å². The van der Waals surface area contributed by atoms with Crippen molar-refractivity contribution in [3.05, 3.63) is 47.6 Å². The highest BCUT2D eigenvalue weighted by atomic mass is 16.5. The van der Waals surface area contributed by atoms with E-state index in [4.69, 9.17) is 4.74 Å². The van der Waals surface area contributed by atoms with E-state index in [0.717, 1.165) is 23.5 Å². The van der Waals surface area contributed by atoms with E-state index in [9.17, 15) is 9.90 Å². The quantitative estimate of drug-likeness (QED) is 0.341. The van der Waals surface area contributed by atoms with E-state index in [2.05, 4.69) is 65.5 Å². The Kier molecular flexibility index (Phi) is 8.48. The minimum absolute atomic E-state index is 0.263. The molecule has 1 N–H and O–H groups in total. The van der Waals surface area contributed by atoms with E-state index in [1.54, 1.807) is 5.57 Å². The van der Waals surface area contributed by atoms with Gasteiger partial charge in [0.2, 0.25) is 0 Å². The molecule has 3 rings (SSSR count). The van der Waals surface area contributed by atoms with Gasteiger partial charge in [-0.15, -0.1) is 0 Å². The van der Waals surface area contributed by atoms with Gasteiger partial charge in [0.25, 0.3) is 0 Å². The first kappa shape index (κ1) is 26.0. The van der Waals surface area contributed by atoms with Crippen molar-refractivity contribution in [2.45, 2.75) is 98.7 Å². The smallest absolute Gasteiger partial charge is 0.302 e. The van der Waals surface area contributed by atoms with Crippen molar-refractivity contribution >= 4 is 5.97 Å². The highest BCUT2D eigenvalue weighted by Gasteiger charge is 2.50. The van der Waals surface area contributed by atoms with Gasteiger partial charge in [0, 0.05) is 19.8 Å². The first-order chi connectivity index (χ1) is 15.5. The third kappa shape index (κ3) is 5.91. The molecule has 33 heavy (non-hydrogen) atoms. The minimum Gasteiger partial charge on any atom is -0.462 e. The van der Waals surface area contributed by atoms with Gasteiger partial charge in [0.1, 0.15) is 6.10 Å². The molecule has 3 nitrogen and oxygen atoms in total. The Morgan fingerprint density at radius 2 is 1.91 bits per heavy atom. The molecule has 0 aliphatic heterocycles. The van der Waals surface area contributed by atoms with Crippen LogP contribution < -0.4 is 0 Å². The van der Waals surface area contributed by atoms with E-state index >= 15 is 0 Å². The van der Waals surface area contributed by atoms with Crippen molar-refractivity contribution in [3.63, 3.8) is 0 Å². The van der Waals surface area contributed by atoms with Crippen LogP contribution in [-0.2, 0) is 9.53 Å². The van der Waals surface area contributed by atoms with Crippen molar-refractivity contribution in [1.29, 1.82) is 0 Å². The maximum absolute atomic E-state index is 11.4. The van der Waals surface area contributed by atoms with Crippen LogP contribution in [0.4, 0.5) is 0 Å². The average molecular weight is 455 g/mol. The number of hydrogen-bond donors (Lipinski definition) is 1. The van der Waals surface area contributed by atoms with Crippen LogP contribution in [0.3, 0.4) is 0 Å². The van der Waals surface area contributed by atoms with Gasteiger partial charge < -0.3 is 9.84 Å². The zero-order chi connectivity index (χ0) is 24.3. The summed E-state index contributed by atoms with van der Waals surface area (Å²) in [5.41, 5.74) is 3.71. The van der Waals surface area contributed by atoms with Crippen LogP contribution >= 0.6 is 0 Å². The van der Waals surface area contributed by atoms with Gasteiger partial charge in [-0.25, -0.2) is 0 Å². The summed E-state index contributed by atoms with van der Waals surface area (Å²) < 4.78 is 5.40. The first-order valence-electron chi connectivity index (χ1n) is 13.1. The Balaban J connectivity index is 1.76. The third-order valence-electron chi connectivity index (χ3n) is 9.02. The van der Waals surface area contributed by atoms with Gasteiger partial charge in [0.15, 0.2) is 0 Å². The molecule has 0 radical (unpaired) electrons. The summed E-state index contributed by atoms with van der Waals surface area (Å²) in [5.74, 6) is 3.00. The molecule has 0 aromatic rings. The first-order valence-corrected chi connectivity index (χ1v) is 13.1. The van der Waals surface area contributed by atoms with Crippen LogP contribution in [0.5, 0.6) is 0 Å². The number of fused-ring (bicyclic) bond motifs is 1. The molecule has 0 spiro atoms. The third-order valence-corrected chi connectivity index (χ3v) is 9.02. The zero-order valence-corrected chi connectivity index (χ0v) is 21.8. The van der Waals surface area contributed by atoms with Crippen LogP contribution in [-0.4, -0.2) is 23.3 Å². The molecule has 3 heteroatoms. The number of ether oxygens (including phenoxy) is 1. The number of carbonyl (C=O) groups is 1. The fraction of sp³-hybridized carbons (Fsp3) is 0.700. The molecule has 3 aliphatic rings. The number of hydrogen-bond acceptors (Lipinski definition) is 3. The molecule has 0 amide bonds. The highest BCUT2D eigenvalue weighted by Crippen LogP contribution is 2.59. The van der Waals surface area contributed by atoms with Gasteiger partial charge in [-0.3, -0.25) is 4.79 Å². The van der Waals surface area contributed by atoms with Crippen LogP contribution in [0.2, 0.25) is 0 Å². The molecule has 0 aromatic carbocycles. The zero-order valence-electron chi connectivity index (χ0n) is 21.8.